The fourth-order valence-electron chi connectivity index (χ4n) is 2.73. The summed E-state index contributed by atoms with van der Waals surface area (Å²) in [5.74, 6) is 1.98. The van der Waals surface area contributed by atoms with Crippen molar-refractivity contribution in [3.8, 4) is 34.5 Å². The van der Waals surface area contributed by atoms with Gasteiger partial charge in [-0.25, -0.2) is 0 Å². The molecule has 9 nitrogen and oxygen atoms in total. The first-order valence-corrected chi connectivity index (χ1v) is 8.39. The number of benzene rings is 1. The third-order valence-corrected chi connectivity index (χ3v) is 4.05. The van der Waals surface area contributed by atoms with Crippen molar-refractivity contribution in [2.75, 3.05) is 27.1 Å². The third kappa shape index (κ3) is 3.63. The summed E-state index contributed by atoms with van der Waals surface area (Å²) >= 11 is 0. The van der Waals surface area contributed by atoms with E-state index in [1.807, 2.05) is 18.2 Å². The molecule has 3 heterocycles. The number of rotatable bonds is 7. The van der Waals surface area contributed by atoms with Crippen LogP contribution in [-0.2, 0) is 16.1 Å². The number of ether oxygens (including phenoxy) is 3. The van der Waals surface area contributed by atoms with E-state index in [9.17, 15) is 4.79 Å². The van der Waals surface area contributed by atoms with Crippen LogP contribution >= 0.6 is 0 Å². The molecule has 1 aliphatic rings. The SMILES string of the molecule is COCCNC(=O)Cn1cccc1-c1nc(-c2ccc3c(c2)OCO3)no1. The Morgan fingerprint density at radius 2 is 2.19 bits per heavy atom. The predicted molar refractivity (Wildman–Crippen MR) is 94.2 cm³/mol. The molecule has 1 amide bonds. The van der Waals surface area contributed by atoms with Crippen LogP contribution in [0, 0.1) is 0 Å². The van der Waals surface area contributed by atoms with Crippen LogP contribution in [0.25, 0.3) is 23.0 Å². The van der Waals surface area contributed by atoms with Crippen molar-refractivity contribution in [3.05, 3.63) is 36.5 Å². The minimum atomic E-state index is -0.125. The fourth-order valence-corrected chi connectivity index (χ4v) is 2.73. The number of nitrogens with one attached hydrogen (secondary N) is 1. The lowest BCUT2D eigenvalue weighted by molar-refractivity contribution is -0.121. The molecule has 3 aromatic rings. The van der Waals surface area contributed by atoms with E-state index < -0.39 is 0 Å². The Bertz CT molecular complexity index is 949. The minimum Gasteiger partial charge on any atom is -0.454 e. The number of fused-ring (bicyclic) bond motifs is 1. The van der Waals surface area contributed by atoms with Gasteiger partial charge in [0.25, 0.3) is 5.89 Å². The normalized spacial score (nSPS) is 12.3. The van der Waals surface area contributed by atoms with Crippen LogP contribution < -0.4 is 14.8 Å². The molecule has 0 saturated heterocycles. The molecule has 2 aromatic heterocycles. The number of carbonyl (C=O) groups excluding carboxylic acids is 1. The maximum Gasteiger partial charge on any atom is 0.274 e. The molecule has 140 valence electrons. The highest BCUT2D eigenvalue weighted by molar-refractivity contribution is 5.76. The highest BCUT2D eigenvalue weighted by Gasteiger charge is 2.18. The van der Waals surface area contributed by atoms with Crippen LogP contribution in [0.3, 0.4) is 0 Å². The lowest BCUT2D eigenvalue weighted by atomic mass is 10.2. The summed E-state index contributed by atoms with van der Waals surface area (Å²) < 4.78 is 22.8. The summed E-state index contributed by atoms with van der Waals surface area (Å²) in [5.41, 5.74) is 1.42. The largest absolute Gasteiger partial charge is 0.454 e. The molecule has 4 rings (SSSR count). The number of hydrogen-bond donors (Lipinski definition) is 1. The Balaban J connectivity index is 1.51. The van der Waals surface area contributed by atoms with Crippen molar-refractivity contribution in [2.45, 2.75) is 6.54 Å². The number of methoxy groups -OCH3 is 1. The van der Waals surface area contributed by atoms with E-state index in [1.165, 1.54) is 0 Å². The van der Waals surface area contributed by atoms with Crippen LogP contribution in [-0.4, -0.2) is 47.7 Å². The monoisotopic (exact) mass is 370 g/mol. The molecule has 1 N–H and O–H groups in total. The zero-order valence-electron chi connectivity index (χ0n) is 14.7. The number of carbonyl (C=O) groups is 1. The number of aromatic nitrogens is 3. The summed E-state index contributed by atoms with van der Waals surface area (Å²) in [4.78, 5) is 16.5. The quantitative estimate of drug-likeness (QED) is 0.632. The Morgan fingerprint density at radius 1 is 1.30 bits per heavy atom. The summed E-state index contributed by atoms with van der Waals surface area (Å²) in [6.45, 7) is 1.28. The van der Waals surface area contributed by atoms with E-state index in [-0.39, 0.29) is 19.2 Å². The zero-order valence-corrected chi connectivity index (χ0v) is 14.7. The summed E-state index contributed by atoms with van der Waals surface area (Å²) in [6, 6.07) is 9.09. The second-order valence-corrected chi connectivity index (χ2v) is 5.86. The molecule has 0 aliphatic carbocycles. The van der Waals surface area contributed by atoms with E-state index in [4.69, 9.17) is 18.7 Å². The van der Waals surface area contributed by atoms with Gasteiger partial charge in [-0.1, -0.05) is 5.16 Å². The van der Waals surface area contributed by atoms with Gasteiger partial charge in [0.1, 0.15) is 12.2 Å². The van der Waals surface area contributed by atoms with Gasteiger partial charge in [-0.3, -0.25) is 4.79 Å². The first kappa shape index (κ1) is 17.1. The van der Waals surface area contributed by atoms with Gasteiger partial charge in [0.2, 0.25) is 18.5 Å². The van der Waals surface area contributed by atoms with Gasteiger partial charge in [0, 0.05) is 25.4 Å². The molecule has 0 saturated carbocycles. The van der Waals surface area contributed by atoms with Gasteiger partial charge in [0.05, 0.1) is 6.61 Å². The van der Waals surface area contributed by atoms with Gasteiger partial charge < -0.3 is 28.6 Å². The molecule has 0 bridgehead atoms. The number of hydrogen-bond acceptors (Lipinski definition) is 7. The maximum absolute atomic E-state index is 12.0. The topological polar surface area (TPSA) is 101 Å². The molecule has 1 aromatic carbocycles. The maximum atomic E-state index is 12.0. The van der Waals surface area contributed by atoms with Crippen LogP contribution in [0.2, 0.25) is 0 Å². The van der Waals surface area contributed by atoms with E-state index in [2.05, 4.69) is 15.5 Å². The third-order valence-electron chi connectivity index (χ3n) is 4.05. The lowest BCUT2D eigenvalue weighted by Crippen LogP contribution is -2.30. The molecule has 0 atom stereocenters. The molecule has 0 spiro atoms. The van der Waals surface area contributed by atoms with Gasteiger partial charge >= 0.3 is 0 Å². The molecule has 0 fully saturated rings. The van der Waals surface area contributed by atoms with Crippen molar-refractivity contribution in [1.29, 1.82) is 0 Å². The second kappa shape index (κ2) is 7.50. The molecule has 9 heteroatoms. The van der Waals surface area contributed by atoms with Gasteiger partial charge in [-0.05, 0) is 30.3 Å². The molecule has 0 radical (unpaired) electrons. The predicted octanol–water partition coefficient (Wildman–Crippen LogP) is 1.70. The van der Waals surface area contributed by atoms with Crippen LogP contribution in [0.1, 0.15) is 0 Å². The van der Waals surface area contributed by atoms with Crippen molar-refractivity contribution in [3.63, 3.8) is 0 Å². The second-order valence-electron chi connectivity index (χ2n) is 5.86. The molecular weight excluding hydrogens is 352 g/mol. The average Bonchev–Trinajstić information content (AvgIpc) is 3.41. The first-order valence-electron chi connectivity index (χ1n) is 8.39. The summed E-state index contributed by atoms with van der Waals surface area (Å²) in [6.07, 6.45) is 1.79. The van der Waals surface area contributed by atoms with Gasteiger partial charge in [0.15, 0.2) is 11.5 Å². The Morgan fingerprint density at radius 3 is 3.07 bits per heavy atom. The fraction of sp³-hybridized carbons (Fsp3) is 0.278. The highest BCUT2D eigenvalue weighted by atomic mass is 16.7. The molecule has 1 aliphatic heterocycles. The first-order chi connectivity index (χ1) is 13.2. The standard InChI is InChI=1S/C18H18N4O5/c1-24-8-6-19-16(23)10-22-7-2-3-13(22)18-20-17(21-27-18)12-4-5-14-15(9-12)26-11-25-14/h2-5,7,9H,6,8,10-11H2,1H3,(H,19,23). The zero-order chi connectivity index (χ0) is 18.6. The van der Waals surface area contributed by atoms with Crippen molar-refractivity contribution in [2.24, 2.45) is 0 Å². The van der Waals surface area contributed by atoms with Crippen molar-refractivity contribution in [1.82, 2.24) is 20.0 Å². The van der Waals surface area contributed by atoms with E-state index in [0.29, 0.717) is 42.1 Å². The van der Waals surface area contributed by atoms with Gasteiger partial charge in [-0.15, -0.1) is 0 Å². The summed E-state index contributed by atoms with van der Waals surface area (Å²) in [5, 5.41) is 6.81. The van der Waals surface area contributed by atoms with E-state index in [1.54, 1.807) is 30.0 Å². The highest BCUT2D eigenvalue weighted by Crippen LogP contribution is 2.35. The van der Waals surface area contributed by atoms with E-state index in [0.717, 1.165) is 5.56 Å². The lowest BCUT2D eigenvalue weighted by Gasteiger charge is -2.07. The Kier molecular flexibility index (Phi) is 4.75. The average molecular weight is 370 g/mol. The van der Waals surface area contributed by atoms with Crippen LogP contribution in [0.5, 0.6) is 11.5 Å². The van der Waals surface area contributed by atoms with Crippen LogP contribution in [0.15, 0.2) is 41.1 Å². The number of nitrogens with zero attached hydrogens (tertiary/aromatic N) is 3. The number of amides is 1. The summed E-state index contributed by atoms with van der Waals surface area (Å²) in [7, 11) is 1.59. The molecule has 0 unspecified atom stereocenters. The van der Waals surface area contributed by atoms with Crippen molar-refractivity contribution < 1.29 is 23.5 Å². The molecule has 27 heavy (non-hydrogen) atoms. The Hall–Kier alpha value is -3.33. The van der Waals surface area contributed by atoms with E-state index >= 15 is 0 Å². The van der Waals surface area contributed by atoms with Gasteiger partial charge in [-0.2, -0.15) is 4.98 Å². The van der Waals surface area contributed by atoms with Crippen molar-refractivity contribution >= 4 is 5.91 Å². The smallest absolute Gasteiger partial charge is 0.274 e. The van der Waals surface area contributed by atoms with Crippen LogP contribution in [0.4, 0.5) is 0 Å². The minimum absolute atomic E-state index is 0.125. The Labute approximate surface area is 154 Å². The molecular formula is C18H18N4O5.